The normalized spacial score (nSPS) is 19.0. The smallest absolute Gasteiger partial charge is 0.336 e. The number of carbonyl (C=O) groups is 2. The van der Waals surface area contributed by atoms with Crippen LogP contribution < -0.4 is 19.5 Å². The van der Waals surface area contributed by atoms with Crippen LogP contribution in [0.2, 0.25) is 0 Å². The third-order valence-electron chi connectivity index (χ3n) is 7.04. The SMILES string of the molecule is CCOCCOC(=O)C1=C(C)NC2=C(C(=O)CC(c3ccc(OC)c(OC)c3)C2)C1c1ccccc1OC. The Morgan fingerprint density at radius 2 is 1.68 bits per heavy atom. The van der Waals surface area contributed by atoms with Gasteiger partial charge >= 0.3 is 5.97 Å². The first kappa shape index (κ1) is 27.3. The fourth-order valence-corrected chi connectivity index (χ4v) is 5.28. The lowest BCUT2D eigenvalue weighted by Crippen LogP contribution is -2.36. The summed E-state index contributed by atoms with van der Waals surface area (Å²) in [5.41, 5.74) is 4.18. The molecule has 8 heteroatoms. The lowest BCUT2D eigenvalue weighted by Gasteiger charge is -2.37. The van der Waals surface area contributed by atoms with Crippen molar-refractivity contribution in [3.63, 3.8) is 0 Å². The van der Waals surface area contributed by atoms with Crippen LogP contribution in [0.1, 0.15) is 49.7 Å². The van der Waals surface area contributed by atoms with Crippen molar-refractivity contribution in [2.75, 3.05) is 41.2 Å². The van der Waals surface area contributed by atoms with Crippen LogP contribution in [0.3, 0.4) is 0 Å². The Balaban J connectivity index is 1.74. The summed E-state index contributed by atoms with van der Waals surface area (Å²) in [7, 11) is 4.77. The predicted molar refractivity (Wildman–Crippen MR) is 143 cm³/mol. The second kappa shape index (κ2) is 12.2. The van der Waals surface area contributed by atoms with Gasteiger partial charge in [-0.3, -0.25) is 4.79 Å². The molecule has 2 aromatic carbocycles. The van der Waals surface area contributed by atoms with E-state index in [0.717, 1.165) is 16.8 Å². The van der Waals surface area contributed by atoms with Gasteiger partial charge in [0.05, 0.1) is 39.4 Å². The first-order chi connectivity index (χ1) is 18.4. The van der Waals surface area contributed by atoms with E-state index < -0.39 is 11.9 Å². The number of ether oxygens (including phenoxy) is 5. The average molecular weight is 522 g/mol. The molecule has 0 aromatic heterocycles. The second-order valence-corrected chi connectivity index (χ2v) is 9.21. The van der Waals surface area contributed by atoms with Crippen molar-refractivity contribution in [3.8, 4) is 17.2 Å². The fraction of sp³-hybridized carbons (Fsp3) is 0.400. The number of Topliss-reactive ketones (excluding diaryl/α,β-unsaturated/α-hetero) is 1. The number of dihydropyridines is 1. The standard InChI is InChI=1S/C30H35NO7/c1-6-37-13-14-38-30(33)27-18(2)31-22-15-20(19-11-12-25(35-4)26(17-19)36-5)16-23(32)29(22)28(27)21-9-7-8-10-24(21)34-3/h7-12,17,20,28,31H,6,13-16H2,1-5H3. The Labute approximate surface area is 223 Å². The quantitative estimate of drug-likeness (QED) is 0.357. The average Bonchev–Trinajstić information content (AvgIpc) is 2.93. The number of hydrogen-bond donors (Lipinski definition) is 1. The predicted octanol–water partition coefficient (Wildman–Crippen LogP) is 4.65. The van der Waals surface area contributed by atoms with Crippen molar-refractivity contribution in [1.82, 2.24) is 5.32 Å². The van der Waals surface area contributed by atoms with Gasteiger partial charge in [0.15, 0.2) is 17.3 Å². The van der Waals surface area contributed by atoms with Crippen molar-refractivity contribution < 1.29 is 33.3 Å². The highest BCUT2D eigenvalue weighted by atomic mass is 16.6. The number of para-hydroxylation sites is 1. The number of ketones is 1. The van der Waals surface area contributed by atoms with Crippen LogP contribution >= 0.6 is 0 Å². The molecule has 202 valence electrons. The Kier molecular flexibility index (Phi) is 8.73. The highest BCUT2D eigenvalue weighted by Crippen LogP contribution is 2.48. The van der Waals surface area contributed by atoms with E-state index in [2.05, 4.69) is 5.32 Å². The third kappa shape index (κ3) is 5.41. The van der Waals surface area contributed by atoms with Crippen molar-refractivity contribution >= 4 is 11.8 Å². The maximum absolute atomic E-state index is 13.9. The van der Waals surface area contributed by atoms with E-state index in [-0.39, 0.29) is 18.3 Å². The largest absolute Gasteiger partial charge is 0.496 e. The number of allylic oxidation sites excluding steroid dienone is 3. The summed E-state index contributed by atoms with van der Waals surface area (Å²) in [6, 6.07) is 13.2. The fourth-order valence-electron chi connectivity index (χ4n) is 5.28. The number of hydrogen-bond acceptors (Lipinski definition) is 8. The van der Waals surface area contributed by atoms with Crippen LogP contribution in [0.15, 0.2) is 65.0 Å². The lowest BCUT2D eigenvalue weighted by atomic mass is 9.71. The van der Waals surface area contributed by atoms with Crippen LogP contribution in [0.5, 0.6) is 17.2 Å². The van der Waals surface area contributed by atoms with E-state index in [4.69, 9.17) is 23.7 Å². The zero-order valence-electron chi connectivity index (χ0n) is 22.6. The molecular weight excluding hydrogens is 486 g/mol. The molecule has 0 spiro atoms. The zero-order chi connectivity index (χ0) is 27.2. The van der Waals surface area contributed by atoms with E-state index in [1.807, 2.05) is 56.3 Å². The van der Waals surface area contributed by atoms with E-state index in [0.29, 0.717) is 60.1 Å². The van der Waals surface area contributed by atoms with Crippen LogP contribution in [-0.2, 0) is 19.1 Å². The van der Waals surface area contributed by atoms with E-state index in [9.17, 15) is 9.59 Å². The van der Waals surface area contributed by atoms with Gasteiger partial charge in [-0.25, -0.2) is 4.79 Å². The Hall–Kier alpha value is -3.78. The molecule has 0 bridgehead atoms. The molecule has 1 aliphatic heterocycles. The molecule has 4 rings (SSSR count). The van der Waals surface area contributed by atoms with Crippen LogP contribution in [0, 0.1) is 0 Å². The topological polar surface area (TPSA) is 92.3 Å². The molecule has 1 heterocycles. The van der Waals surface area contributed by atoms with Crippen molar-refractivity contribution in [3.05, 3.63) is 76.1 Å². The number of carbonyl (C=O) groups excluding carboxylic acids is 2. The molecule has 38 heavy (non-hydrogen) atoms. The molecule has 0 amide bonds. The summed E-state index contributed by atoms with van der Waals surface area (Å²) in [6.07, 6.45) is 0.902. The van der Waals surface area contributed by atoms with E-state index in [1.54, 1.807) is 21.3 Å². The molecule has 8 nitrogen and oxygen atoms in total. The van der Waals surface area contributed by atoms with Crippen molar-refractivity contribution in [2.45, 2.75) is 38.5 Å². The summed E-state index contributed by atoms with van der Waals surface area (Å²) in [4.78, 5) is 27.2. The third-order valence-corrected chi connectivity index (χ3v) is 7.04. The van der Waals surface area contributed by atoms with Gasteiger partial charge in [-0.2, -0.15) is 0 Å². The van der Waals surface area contributed by atoms with Gasteiger partial charge in [0, 0.05) is 35.6 Å². The number of nitrogens with one attached hydrogen (secondary N) is 1. The maximum Gasteiger partial charge on any atom is 0.336 e. The highest BCUT2D eigenvalue weighted by Gasteiger charge is 2.42. The summed E-state index contributed by atoms with van der Waals surface area (Å²) in [5, 5.41) is 3.38. The number of methoxy groups -OCH3 is 3. The van der Waals surface area contributed by atoms with Gasteiger partial charge in [-0.1, -0.05) is 24.3 Å². The minimum Gasteiger partial charge on any atom is -0.496 e. The van der Waals surface area contributed by atoms with Crippen molar-refractivity contribution in [2.24, 2.45) is 0 Å². The Bertz CT molecular complexity index is 1260. The molecule has 2 unspecified atom stereocenters. The van der Waals surface area contributed by atoms with Crippen LogP contribution in [-0.4, -0.2) is 52.9 Å². The van der Waals surface area contributed by atoms with Gasteiger partial charge < -0.3 is 29.0 Å². The Morgan fingerprint density at radius 3 is 2.39 bits per heavy atom. The van der Waals surface area contributed by atoms with Gasteiger partial charge in [-0.15, -0.1) is 0 Å². The number of esters is 1. The molecule has 2 aromatic rings. The number of benzene rings is 2. The van der Waals surface area contributed by atoms with Crippen LogP contribution in [0.4, 0.5) is 0 Å². The summed E-state index contributed by atoms with van der Waals surface area (Å²) in [6.45, 7) is 4.70. The second-order valence-electron chi connectivity index (χ2n) is 9.21. The van der Waals surface area contributed by atoms with Gasteiger partial charge in [-0.05, 0) is 49.9 Å². The zero-order valence-corrected chi connectivity index (χ0v) is 22.6. The Morgan fingerprint density at radius 1 is 0.947 bits per heavy atom. The monoisotopic (exact) mass is 521 g/mol. The molecule has 0 saturated carbocycles. The lowest BCUT2D eigenvalue weighted by molar-refractivity contribution is -0.140. The highest BCUT2D eigenvalue weighted by molar-refractivity contribution is 6.04. The molecule has 1 N–H and O–H groups in total. The minimum absolute atomic E-state index is 0.0263. The minimum atomic E-state index is -0.610. The molecule has 0 saturated heterocycles. The van der Waals surface area contributed by atoms with Gasteiger partial charge in [0.1, 0.15) is 12.4 Å². The maximum atomic E-state index is 13.9. The molecule has 1 aliphatic carbocycles. The van der Waals surface area contributed by atoms with E-state index >= 15 is 0 Å². The van der Waals surface area contributed by atoms with Gasteiger partial charge in [0.2, 0.25) is 0 Å². The molecular formula is C30H35NO7. The first-order valence-corrected chi connectivity index (χ1v) is 12.8. The first-order valence-electron chi connectivity index (χ1n) is 12.8. The molecule has 2 atom stereocenters. The summed E-state index contributed by atoms with van der Waals surface area (Å²) in [5.74, 6) is 0.688. The molecule has 0 fully saturated rings. The number of rotatable bonds is 10. The van der Waals surface area contributed by atoms with Crippen molar-refractivity contribution in [1.29, 1.82) is 0 Å². The molecule has 0 radical (unpaired) electrons. The summed E-state index contributed by atoms with van der Waals surface area (Å²) >= 11 is 0. The van der Waals surface area contributed by atoms with Crippen LogP contribution in [0.25, 0.3) is 0 Å². The summed E-state index contributed by atoms with van der Waals surface area (Å²) < 4.78 is 27.4. The van der Waals surface area contributed by atoms with Gasteiger partial charge in [0.25, 0.3) is 0 Å². The van der Waals surface area contributed by atoms with E-state index in [1.165, 1.54) is 0 Å². The molecule has 2 aliphatic rings.